The Morgan fingerprint density at radius 2 is 2.07 bits per heavy atom. The predicted octanol–water partition coefficient (Wildman–Crippen LogP) is 0.0778. The second kappa shape index (κ2) is 3.43. The number of hydrogen-bond acceptors (Lipinski definition) is 4. The molecule has 1 heterocycles. The van der Waals surface area contributed by atoms with Crippen molar-refractivity contribution in [2.75, 3.05) is 5.75 Å². The number of carbonyl (C=O) groups excluding carboxylic acids is 1. The highest BCUT2D eigenvalue weighted by Gasteiger charge is 2.28. The molecule has 1 aromatic carbocycles. The van der Waals surface area contributed by atoms with Crippen molar-refractivity contribution in [3.63, 3.8) is 0 Å². The van der Waals surface area contributed by atoms with Crippen molar-refractivity contribution in [3.8, 4) is 0 Å². The minimum absolute atomic E-state index is 0.141. The summed E-state index contributed by atoms with van der Waals surface area (Å²) >= 11 is 0. The molecule has 1 aliphatic heterocycles. The van der Waals surface area contributed by atoms with Gasteiger partial charge in [0.25, 0.3) is 0 Å². The molecule has 1 aliphatic rings. The highest BCUT2D eigenvalue weighted by molar-refractivity contribution is 7.92. The first-order chi connectivity index (χ1) is 7.03. The summed E-state index contributed by atoms with van der Waals surface area (Å²) in [5.74, 6) is -0.698. The fourth-order valence-electron chi connectivity index (χ4n) is 1.73. The number of carbonyl (C=O) groups is 1. The second-order valence-electron chi connectivity index (χ2n) is 3.57. The molecule has 0 amide bonds. The van der Waals surface area contributed by atoms with Gasteiger partial charge in [-0.1, -0.05) is 12.1 Å². The van der Waals surface area contributed by atoms with Gasteiger partial charge >= 0.3 is 0 Å². The van der Waals surface area contributed by atoms with E-state index in [0.717, 1.165) is 0 Å². The van der Waals surface area contributed by atoms with E-state index in [-0.39, 0.29) is 23.7 Å². The molecule has 0 saturated carbocycles. The maximum Gasteiger partial charge on any atom is 0.185 e. The fourth-order valence-corrected chi connectivity index (χ4v) is 3.21. The van der Waals surface area contributed by atoms with Crippen molar-refractivity contribution in [3.05, 3.63) is 29.3 Å². The van der Waals surface area contributed by atoms with Crippen LogP contribution < -0.4 is 0 Å². The van der Waals surface area contributed by atoms with Crippen LogP contribution in [-0.4, -0.2) is 25.1 Å². The van der Waals surface area contributed by atoms with E-state index in [1.165, 1.54) is 6.07 Å². The lowest BCUT2D eigenvalue weighted by Crippen LogP contribution is -2.25. The van der Waals surface area contributed by atoms with Crippen LogP contribution in [0.3, 0.4) is 0 Å². The lowest BCUT2D eigenvalue weighted by molar-refractivity contribution is -0.116. The van der Waals surface area contributed by atoms with Gasteiger partial charge in [-0.05, 0) is 17.2 Å². The van der Waals surface area contributed by atoms with Crippen LogP contribution in [0, 0.1) is 0 Å². The molecule has 15 heavy (non-hydrogen) atoms. The topological polar surface area (TPSA) is 71.4 Å². The summed E-state index contributed by atoms with van der Waals surface area (Å²) in [5, 5.41) is 8.90. The van der Waals surface area contributed by atoms with E-state index in [2.05, 4.69) is 0 Å². The molecule has 1 N–H and O–H groups in total. The van der Waals surface area contributed by atoms with Crippen molar-refractivity contribution in [2.24, 2.45) is 0 Å². The van der Waals surface area contributed by atoms with Crippen LogP contribution in [0.15, 0.2) is 23.1 Å². The molecule has 0 saturated heterocycles. The third-order valence-electron chi connectivity index (χ3n) is 2.38. The van der Waals surface area contributed by atoms with Crippen molar-refractivity contribution < 1.29 is 18.3 Å². The van der Waals surface area contributed by atoms with Crippen molar-refractivity contribution in [1.29, 1.82) is 0 Å². The predicted molar refractivity (Wildman–Crippen MR) is 53.1 cm³/mol. The molecule has 80 valence electrons. The lowest BCUT2D eigenvalue weighted by atomic mass is 10.1. The summed E-state index contributed by atoms with van der Waals surface area (Å²) in [7, 11) is -3.45. The Morgan fingerprint density at radius 3 is 2.73 bits per heavy atom. The summed E-state index contributed by atoms with van der Waals surface area (Å²) < 4.78 is 23.2. The molecule has 0 radical (unpaired) electrons. The SMILES string of the molecule is O=C1Cc2cc(CO)ccc2S(=O)(=O)C1. The van der Waals surface area contributed by atoms with Crippen LogP contribution in [0.25, 0.3) is 0 Å². The standard InChI is InChI=1S/C10H10O4S/c11-5-7-1-2-10-8(3-7)4-9(12)6-15(10,13)14/h1-3,11H,4-6H2. The van der Waals surface area contributed by atoms with Gasteiger partial charge < -0.3 is 5.11 Å². The van der Waals surface area contributed by atoms with Gasteiger partial charge in [0.05, 0.1) is 11.5 Å². The summed E-state index contributed by atoms with van der Waals surface area (Å²) in [4.78, 5) is 11.4. The van der Waals surface area contributed by atoms with Crippen LogP contribution in [-0.2, 0) is 27.7 Å². The van der Waals surface area contributed by atoms with Crippen LogP contribution in [0.5, 0.6) is 0 Å². The average Bonchev–Trinajstić information content (AvgIpc) is 2.15. The smallest absolute Gasteiger partial charge is 0.185 e. The molecule has 0 atom stereocenters. The van der Waals surface area contributed by atoms with Gasteiger partial charge in [-0.15, -0.1) is 0 Å². The molecule has 0 bridgehead atoms. The third-order valence-corrected chi connectivity index (χ3v) is 4.15. The number of benzene rings is 1. The van der Waals surface area contributed by atoms with Crippen molar-refractivity contribution in [2.45, 2.75) is 17.9 Å². The van der Waals surface area contributed by atoms with Gasteiger partial charge in [0.15, 0.2) is 15.6 Å². The van der Waals surface area contributed by atoms with E-state index in [1.807, 2.05) is 0 Å². The van der Waals surface area contributed by atoms with Crippen LogP contribution >= 0.6 is 0 Å². The van der Waals surface area contributed by atoms with Crippen LogP contribution in [0.1, 0.15) is 11.1 Å². The van der Waals surface area contributed by atoms with E-state index in [1.54, 1.807) is 12.1 Å². The molecule has 4 nitrogen and oxygen atoms in total. The zero-order valence-corrected chi connectivity index (χ0v) is 8.75. The van der Waals surface area contributed by atoms with E-state index < -0.39 is 15.6 Å². The third kappa shape index (κ3) is 1.80. The lowest BCUT2D eigenvalue weighted by Gasteiger charge is -2.15. The van der Waals surface area contributed by atoms with Gasteiger partial charge in [-0.25, -0.2) is 8.42 Å². The average molecular weight is 226 g/mol. The number of aliphatic hydroxyl groups is 1. The Hall–Kier alpha value is -1.20. The molecule has 0 unspecified atom stereocenters. The maximum absolute atomic E-state index is 11.6. The molecule has 0 aromatic heterocycles. The van der Waals surface area contributed by atoms with E-state index in [9.17, 15) is 13.2 Å². The number of hydrogen-bond donors (Lipinski definition) is 1. The van der Waals surface area contributed by atoms with E-state index in [0.29, 0.717) is 11.1 Å². The molecule has 0 spiro atoms. The van der Waals surface area contributed by atoms with E-state index >= 15 is 0 Å². The molecular weight excluding hydrogens is 216 g/mol. The number of Topliss-reactive ketones (excluding diaryl/α,β-unsaturated/α-hetero) is 1. The monoisotopic (exact) mass is 226 g/mol. The van der Waals surface area contributed by atoms with Gasteiger partial charge in [0.2, 0.25) is 0 Å². The van der Waals surface area contributed by atoms with Crippen molar-refractivity contribution >= 4 is 15.6 Å². The zero-order valence-electron chi connectivity index (χ0n) is 7.93. The normalized spacial score (nSPS) is 18.6. The molecule has 2 rings (SSSR count). The Balaban J connectivity index is 2.62. The van der Waals surface area contributed by atoms with Crippen LogP contribution in [0.4, 0.5) is 0 Å². The number of sulfone groups is 1. The summed E-state index contributed by atoms with van der Waals surface area (Å²) in [6.07, 6.45) is 0.141. The minimum Gasteiger partial charge on any atom is -0.392 e. The molecule has 0 aliphatic carbocycles. The summed E-state index contributed by atoms with van der Waals surface area (Å²) in [5.41, 5.74) is 1.12. The van der Waals surface area contributed by atoms with Gasteiger partial charge in [0.1, 0.15) is 5.75 Å². The summed E-state index contributed by atoms with van der Waals surface area (Å²) in [6.45, 7) is -0.151. The molecule has 0 fully saturated rings. The number of ketones is 1. The zero-order chi connectivity index (χ0) is 11.1. The number of rotatable bonds is 1. The van der Waals surface area contributed by atoms with Crippen molar-refractivity contribution in [1.82, 2.24) is 0 Å². The highest BCUT2D eigenvalue weighted by Crippen LogP contribution is 2.24. The quantitative estimate of drug-likeness (QED) is 0.736. The molecule has 5 heteroatoms. The Kier molecular flexibility index (Phi) is 2.36. The minimum atomic E-state index is -3.45. The Bertz CT molecular complexity index is 516. The van der Waals surface area contributed by atoms with Gasteiger partial charge in [-0.3, -0.25) is 4.79 Å². The largest absolute Gasteiger partial charge is 0.392 e. The first kappa shape index (κ1) is 10.3. The summed E-state index contributed by atoms with van der Waals surface area (Å²) in [6, 6.07) is 4.60. The first-order valence-corrected chi connectivity index (χ1v) is 6.15. The fraction of sp³-hybridized carbons (Fsp3) is 0.300. The second-order valence-corrected chi connectivity index (χ2v) is 5.53. The van der Waals surface area contributed by atoms with Gasteiger partial charge in [-0.2, -0.15) is 0 Å². The molecular formula is C10H10O4S. The first-order valence-electron chi connectivity index (χ1n) is 4.50. The number of aliphatic hydroxyl groups excluding tert-OH is 1. The van der Waals surface area contributed by atoms with E-state index in [4.69, 9.17) is 5.11 Å². The number of fused-ring (bicyclic) bond motifs is 1. The Morgan fingerprint density at radius 1 is 1.33 bits per heavy atom. The maximum atomic E-state index is 11.6. The Labute approximate surface area is 87.5 Å². The van der Waals surface area contributed by atoms with Crippen LogP contribution in [0.2, 0.25) is 0 Å². The van der Waals surface area contributed by atoms with Gasteiger partial charge in [0, 0.05) is 6.42 Å². The highest BCUT2D eigenvalue weighted by atomic mass is 32.2. The molecule has 1 aromatic rings.